The Morgan fingerprint density at radius 1 is 1.28 bits per heavy atom. The molecule has 1 aromatic heterocycles. The first-order valence-electron chi connectivity index (χ1n) is 7.01. The molecule has 0 aliphatic heterocycles. The molecule has 2 unspecified atom stereocenters. The molecule has 0 radical (unpaired) electrons. The molecule has 1 fully saturated rings. The number of hydrogen-bond donors (Lipinski definition) is 1. The lowest BCUT2D eigenvalue weighted by Gasteiger charge is -2.27. The smallest absolute Gasteiger partial charge is 0.0346 e. The van der Waals surface area contributed by atoms with Crippen LogP contribution in [-0.2, 0) is 6.54 Å². The van der Waals surface area contributed by atoms with Gasteiger partial charge in [-0.3, -0.25) is 0 Å². The van der Waals surface area contributed by atoms with Gasteiger partial charge in [-0.1, -0.05) is 38.0 Å². The number of hydrogen-bond acceptors (Lipinski definition) is 2. The maximum atomic E-state index is 3.75. The number of fused-ring (bicyclic) bond motifs is 1. The van der Waals surface area contributed by atoms with Gasteiger partial charge in [-0.05, 0) is 41.2 Å². The van der Waals surface area contributed by atoms with Crippen molar-refractivity contribution in [2.45, 2.75) is 45.2 Å². The summed E-state index contributed by atoms with van der Waals surface area (Å²) in [6.45, 7) is 3.41. The lowest BCUT2D eigenvalue weighted by molar-refractivity contribution is 0.301. The van der Waals surface area contributed by atoms with E-state index in [1.165, 1.54) is 41.3 Å². The largest absolute Gasteiger partial charge is 0.310 e. The first-order valence-corrected chi connectivity index (χ1v) is 7.89. The SMILES string of the molecule is CC1CCCC(NCc2csc3ccccc23)C1. The van der Waals surface area contributed by atoms with Crippen LogP contribution in [0.4, 0.5) is 0 Å². The van der Waals surface area contributed by atoms with Crippen LogP contribution in [0.15, 0.2) is 29.6 Å². The minimum Gasteiger partial charge on any atom is -0.310 e. The summed E-state index contributed by atoms with van der Waals surface area (Å²) in [6, 6.07) is 9.45. The summed E-state index contributed by atoms with van der Waals surface area (Å²) in [6.07, 6.45) is 5.51. The number of thiophene rings is 1. The van der Waals surface area contributed by atoms with Crippen LogP contribution in [0.5, 0.6) is 0 Å². The van der Waals surface area contributed by atoms with Gasteiger partial charge in [0.2, 0.25) is 0 Å². The van der Waals surface area contributed by atoms with Gasteiger partial charge in [-0.25, -0.2) is 0 Å². The lowest BCUT2D eigenvalue weighted by Crippen LogP contribution is -2.32. The average molecular weight is 259 g/mol. The molecular weight excluding hydrogens is 238 g/mol. The lowest BCUT2D eigenvalue weighted by atomic mass is 9.87. The Balaban J connectivity index is 1.66. The van der Waals surface area contributed by atoms with Gasteiger partial charge in [0.1, 0.15) is 0 Å². The molecule has 1 aliphatic carbocycles. The number of benzene rings is 1. The van der Waals surface area contributed by atoms with Crippen LogP contribution in [0.25, 0.3) is 10.1 Å². The molecule has 0 amide bonds. The summed E-state index contributed by atoms with van der Waals surface area (Å²) in [7, 11) is 0. The van der Waals surface area contributed by atoms with Gasteiger partial charge in [0, 0.05) is 17.3 Å². The Labute approximate surface area is 113 Å². The van der Waals surface area contributed by atoms with E-state index in [0.29, 0.717) is 0 Å². The molecule has 1 heterocycles. The van der Waals surface area contributed by atoms with Crippen LogP contribution in [0.1, 0.15) is 38.2 Å². The van der Waals surface area contributed by atoms with Gasteiger partial charge < -0.3 is 5.32 Å². The predicted octanol–water partition coefficient (Wildman–Crippen LogP) is 4.57. The summed E-state index contributed by atoms with van der Waals surface area (Å²) in [5.74, 6) is 0.899. The summed E-state index contributed by atoms with van der Waals surface area (Å²) >= 11 is 1.86. The third-order valence-electron chi connectivity index (χ3n) is 4.08. The molecule has 1 saturated carbocycles. The minimum absolute atomic E-state index is 0.729. The third kappa shape index (κ3) is 2.60. The van der Waals surface area contributed by atoms with Crippen molar-refractivity contribution in [3.05, 3.63) is 35.2 Å². The Bertz CT molecular complexity index is 517. The van der Waals surface area contributed by atoms with Crippen LogP contribution < -0.4 is 5.32 Å². The van der Waals surface area contributed by atoms with Gasteiger partial charge in [-0.15, -0.1) is 11.3 Å². The number of nitrogens with one attached hydrogen (secondary N) is 1. The molecule has 3 rings (SSSR count). The second-order valence-electron chi connectivity index (χ2n) is 5.61. The predicted molar refractivity (Wildman–Crippen MR) is 80.1 cm³/mol. The van der Waals surface area contributed by atoms with E-state index in [-0.39, 0.29) is 0 Å². The van der Waals surface area contributed by atoms with E-state index in [4.69, 9.17) is 0 Å². The molecule has 0 saturated heterocycles. The van der Waals surface area contributed by atoms with E-state index in [2.05, 4.69) is 41.9 Å². The van der Waals surface area contributed by atoms with Crippen molar-refractivity contribution in [3.8, 4) is 0 Å². The standard InChI is InChI=1S/C16H21NS/c1-12-5-4-6-14(9-12)17-10-13-11-18-16-8-3-2-7-15(13)16/h2-3,7-8,11-12,14,17H,4-6,9-10H2,1H3. The monoisotopic (exact) mass is 259 g/mol. The van der Waals surface area contributed by atoms with Crippen molar-refractivity contribution in [3.63, 3.8) is 0 Å². The molecule has 2 heteroatoms. The van der Waals surface area contributed by atoms with Gasteiger partial charge in [-0.2, -0.15) is 0 Å². The Morgan fingerprint density at radius 2 is 2.17 bits per heavy atom. The van der Waals surface area contributed by atoms with Crippen molar-refractivity contribution < 1.29 is 0 Å². The molecule has 2 aromatic rings. The van der Waals surface area contributed by atoms with Crippen molar-refractivity contribution in [1.29, 1.82) is 0 Å². The fourth-order valence-corrected chi connectivity index (χ4v) is 4.01. The molecule has 2 atom stereocenters. The quantitative estimate of drug-likeness (QED) is 0.851. The topological polar surface area (TPSA) is 12.0 Å². The highest BCUT2D eigenvalue weighted by atomic mass is 32.1. The van der Waals surface area contributed by atoms with Gasteiger partial charge >= 0.3 is 0 Å². The summed E-state index contributed by atoms with van der Waals surface area (Å²) in [5.41, 5.74) is 1.47. The van der Waals surface area contributed by atoms with Crippen molar-refractivity contribution in [2.24, 2.45) is 5.92 Å². The van der Waals surface area contributed by atoms with Crippen LogP contribution in [0.3, 0.4) is 0 Å². The third-order valence-corrected chi connectivity index (χ3v) is 5.09. The van der Waals surface area contributed by atoms with Crippen molar-refractivity contribution in [1.82, 2.24) is 5.32 Å². The Hall–Kier alpha value is -0.860. The Kier molecular flexibility index (Phi) is 3.67. The summed E-state index contributed by atoms with van der Waals surface area (Å²) < 4.78 is 1.41. The van der Waals surface area contributed by atoms with Crippen LogP contribution in [0.2, 0.25) is 0 Å². The van der Waals surface area contributed by atoms with E-state index in [1.807, 2.05) is 11.3 Å². The molecule has 1 N–H and O–H groups in total. The van der Waals surface area contributed by atoms with Gasteiger partial charge in [0.05, 0.1) is 0 Å². The first kappa shape index (κ1) is 12.2. The molecule has 1 nitrogen and oxygen atoms in total. The molecule has 0 bridgehead atoms. The van der Waals surface area contributed by atoms with Crippen molar-refractivity contribution in [2.75, 3.05) is 0 Å². The molecule has 0 spiro atoms. The van der Waals surface area contributed by atoms with Gasteiger partial charge in [0.25, 0.3) is 0 Å². The zero-order valence-electron chi connectivity index (χ0n) is 11.0. The Morgan fingerprint density at radius 3 is 3.06 bits per heavy atom. The fourth-order valence-electron chi connectivity index (χ4n) is 3.04. The number of rotatable bonds is 3. The summed E-state index contributed by atoms with van der Waals surface area (Å²) in [5, 5.41) is 7.49. The highest BCUT2D eigenvalue weighted by molar-refractivity contribution is 7.17. The summed E-state index contributed by atoms with van der Waals surface area (Å²) in [4.78, 5) is 0. The molecular formula is C16H21NS. The maximum Gasteiger partial charge on any atom is 0.0346 e. The second-order valence-corrected chi connectivity index (χ2v) is 6.52. The fraction of sp³-hybridized carbons (Fsp3) is 0.500. The molecule has 18 heavy (non-hydrogen) atoms. The minimum atomic E-state index is 0.729. The zero-order chi connectivity index (χ0) is 12.4. The normalized spacial score (nSPS) is 24.5. The maximum absolute atomic E-state index is 3.75. The van der Waals surface area contributed by atoms with Gasteiger partial charge in [0.15, 0.2) is 0 Å². The molecule has 1 aromatic carbocycles. The van der Waals surface area contributed by atoms with Crippen LogP contribution in [0, 0.1) is 5.92 Å². The van der Waals surface area contributed by atoms with Crippen LogP contribution in [-0.4, -0.2) is 6.04 Å². The first-order chi connectivity index (χ1) is 8.83. The molecule has 1 aliphatic rings. The zero-order valence-corrected chi connectivity index (χ0v) is 11.8. The van der Waals surface area contributed by atoms with E-state index in [9.17, 15) is 0 Å². The van der Waals surface area contributed by atoms with Crippen LogP contribution >= 0.6 is 11.3 Å². The average Bonchev–Trinajstić information content (AvgIpc) is 2.80. The van der Waals surface area contributed by atoms with E-state index in [1.54, 1.807) is 0 Å². The highest BCUT2D eigenvalue weighted by Gasteiger charge is 2.18. The highest BCUT2D eigenvalue weighted by Crippen LogP contribution is 2.27. The second kappa shape index (κ2) is 5.41. The van der Waals surface area contributed by atoms with E-state index >= 15 is 0 Å². The molecule has 96 valence electrons. The van der Waals surface area contributed by atoms with E-state index in [0.717, 1.165) is 18.5 Å². The van der Waals surface area contributed by atoms with Crippen molar-refractivity contribution >= 4 is 21.4 Å². The van der Waals surface area contributed by atoms with E-state index < -0.39 is 0 Å².